The SMILES string of the molecule is CC(C)C1CCN(Cc2ccc3c(c2)NCC3)C1. The van der Waals surface area contributed by atoms with Gasteiger partial charge in [0.2, 0.25) is 0 Å². The van der Waals surface area contributed by atoms with Gasteiger partial charge >= 0.3 is 0 Å². The largest absolute Gasteiger partial charge is 0.384 e. The topological polar surface area (TPSA) is 15.3 Å². The van der Waals surface area contributed by atoms with Gasteiger partial charge in [-0.2, -0.15) is 0 Å². The number of hydrogen-bond donors (Lipinski definition) is 1. The first kappa shape index (κ1) is 12.0. The van der Waals surface area contributed by atoms with Crippen LogP contribution in [-0.2, 0) is 13.0 Å². The van der Waals surface area contributed by atoms with E-state index in [1.807, 2.05) is 0 Å². The van der Waals surface area contributed by atoms with Gasteiger partial charge in [-0.25, -0.2) is 0 Å². The van der Waals surface area contributed by atoms with Crippen LogP contribution in [0.2, 0.25) is 0 Å². The molecule has 1 fully saturated rings. The van der Waals surface area contributed by atoms with Gasteiger partial charge in [0.1, 0.15) is 0 Å². The van der Waals surface area contributed by atoms with E-state index in [0.717, 1.165) is 24.9 Å². The third-order valence-corrected chi connectivity index (χ3v) is 4.54. The maximum absolute atomic E-state index is 3.47. The van der Waals surface area contributed by atoms with Gasteiger partial charge in [0.05, 0.1) is 0 Å². The van der Waals surface area contributed by atoms with E-state index in [2.05, 4.69) is 42.3 Å². The Hall–Kier alpha value is -1.02. The Kier molecular flexibility index (Phi) is 3.29. The van der Waals surface area contributed by atoms with Gasteiger partial charge in [-0.15, -0.1) is 0 Å². The lowest BCUT2D eigenvalue weighted by Gasteiger charge is -2.18. The summed E-state index contributed by atoms with van der Waals surface area (Å²) in [5.41, 5.74) is 4.32. The van der Waals surface area contributed by atoms with E-state index in [4.69, 9.17) is 0 Å². The molecule has 0 bridgehead atoms. The second-order valence-corrected chi connectivity index (χ2v) is 6.20. The van der Waals surface area contributed by atoms with Gasteiger partial charge in [-0.05, 0) is 48.4 Å². The molecule has 1 atom stereocenters. The highest BCUT2D eigenvalue weighted by Gasteiger charge is 2.24. The normalized spacial score (nSPS) is 23.4. The summed E-state index contributed by atoms with van der Waals surface area (Å²) in [6.45, 7) is 9.49. The van der Waals surface area contributed by atoms with Crippen LogP contribution < -0.4 is 5.32 Å². The van der Waals surface area contributed by atoms with E-state index >= 15 is 0 Å². The number of benzene rings is 1. The van der Waals surface area contributed by atoms with Crippen molar-refractivity contribution in [3.8, 4) is 0 Å². The van der Waals surface area contributed by atoms with Gasteiger partial charge in [-0.3, -0.25) is 4.90 Å². The second-order valence-electron chi connectivity index (χ2n) is 6.20. The average Bonchev–Trinajstić information content (AvgIpc) is 2.96. The van der Waals surface area contributed by atoms with Crippen molar-refractivity contribution < 1.29 is 0 Å². The maximum atomic E-state index is 3.47. The molecule has 0 saturated carbocycles. The van der Waals surface area contributed by atoms with Crippen molar-refractivity contribution in [1.29, 1.82) is 0 Å². The summed E-state index contributed by atoms with van der Waals surface area (Å²) in [4.78, 5) is 2.61. The lowest BCUT2D eigenvalue weighted by atomic mass is 9.95. The minimum atomic E-state index is 0.830. The third-order valence-electron chi connectivity index (χ3n) is 4.54. The Morgan fingerprint density at radius 3 is 3.06 bits per heavy atom. The second kappa shape index (κ2) is 4.93. The highest BCUT2D eigenvalue weighted by Crippen LogP contribution is 2.27. The molecule has 2 aliphatic heterocycles. The molecule has 1 aromatic rings. The first-order valence-electron chi connectivity index (χ1n) is 7.30. The van der Waals surface area contributed by atoms with Gasteiger partial charge in [0.15, 0.2) is 0 Å². The molecule has 2 heterocycles. The lowest BCUT2D eigenvalue weighted by molar-refractivity contribution is 0.297. The number of likely N-dealkylation sites (tertiary alicyclic amines) is 1. The van der Waals surface area contributed by atoms with Crippen molar-refractivity contribution in [3.63, 3.8) is 0 Å². The van der Waals surface area contributed by atoms with Crippen LogP contribution >= 0.6 is 0 Å². The molecule has 0 aliphatic carbocycles. The van der Waals surface area contributed by atoms with Crippen LogP contribution in [0.25, 0.3) is 0 Å². The Labute approximate surface area is 110 Å². The number of anilines is 1. The van der Waals surface area contributed by atoms with Gasteiger partial charge in [0, 0.05) is 25.3 Å². The van der Waals surface area contributed by atoms with Gasteiger partial charge < -0.3 is 5.32 Å². The molecule has 2 nitrogen and oxygen atoms in total. The monoisotopic (exact) mass is 244 g/mol. The van der Waals surface area contributed by atoms with Crippen LogP contribution in [0.5, 0.6) is 0 Å². The zero-order chi connectivity index (χ0) is 12.5. The smallest absolute Gasteiger partial charge is 0.0376 e. The molecule has 3 rings (SSSR count). The van der Waals surface area contributed by atoms with E-state index in [-0.39, 0.29) is 0 Å². The summed E-state index contributed by atoms with van der Waals surface area (Å²) in [5, 5.41) is 3.47. The molecule has 0 radical (unpaired) electrons. The number of nitrogens with zero attached hydrogens (tertiary/aromatic N) is 1. The quantitative estimate of drug-likeness (QED) is 0.879. The van der Waals surface area contributed by atoms with Gasteiger partial charge in [0.25, 0.3) is 0 Å². The Balaban J connectivity index is 1.63. The number of nitrogens with one attached hydrogen (secondary N) is 1. The Morgan fingerprint density at radius 2 is 2.28 bits per heavy atom. The fourth-order valence-electron chi connectivity index (χ4n) is 3.24. The van der Waals surface area contributed by atoms with E-state index in [1.54, 1.807) is 0 Å². The minimum Gasteiger partial charge on any atom is -0.384 e. The summed E-state index contributed by atoms with van der Waals surface area (Å²) in [6.07, 6.45) is 2.57. The lowest BCUT2D eigenvalue weighted by Crippen LogP contribution is -2.21. The third kappa shape index (κ3) is 2.39. The molecule has 0 amide bonds. The van der Waals surface area contributed by atoms with Crippen molar-refractivity contribution in [2.75, 3.05) is 25.0 Å². The first-order valence-corrected chi connectivity index (χ1v) is 7.30. The fourth-order valence-corrected chi connectivity index (χ4v) is 3.24. The number of hydrogen-bond acceptors (Lipinski definition) is 2. The van der Waals surface area contributed by atoms with Crippen LogP contribution in [-0.4, -0.2) is 24.5 Å². The molecule has 1 unspecified atom stereocenters. The predicted octanol–water partition coefficient (Wildman–Crippen LogP) is 3.13. The van der Waals surface area contributed by atoms with E-state index in [0.29, 0.717) is 0 Å². The Morgan fingerprint density at radius 1 is 1.39 bits per heavy atom. The standard InChI is InChI=1S/C16H24N2/c1-12(2)15-6-8-18(11-15)10-13-3-4-14-5-7-17-16(14)9-13/h3-4,9,12,15,17H,5-8,10-11H2,1-2H3. The molecular formula is C16H24N2. The molecule has 1 saturated heterocycles. The highest BCUT2D eigenvalue weighted by molar-refractivity contribution is 5.57. The zero-order valence-electron chi connectivity index (χ0n) is 11.6. The van der Waals surface area contributed by atoms with Crippen molar-refractivity contribution in [2.24, 2.45) is 11.8 Å². The van der Waals surface area contributed by atoms with Gasteiger partial charge in [-0.1, -0.05) is 26.0 Å². The van der Waals surface area contributed by atoms with E-state index in [9.17, 15) is 0 Å². The maximum Gasteiger partial charge on any atom is 0.0376 e. The van der Waals surface area contributed by atoms with E-state index < -0.39 is 0 Å². The highest BCUT2D eigenvalue weighted by atomic mass is 15.1. The van der Waals surface area contributed by atoms with Crippen molar-refractivity contribution in [2.45, 2.75) is 33.2 Å². The fraction of sp³-hybridized carbons (Fsp3) is 0.625. The zero-order valence-corrected chi connectivity index (χ0v) is 11.6. The molecule has 98 valence electrons. The molecule has 0 aromatic heterocycles. The summed E-state index contributed by atoms with van der Waals surface area (Å²) in [5.74, 6) is 1.73. The summed E-state index contributed by atoms with van der Waals surface area (Å²) < 4.78 is 0. The average molecular weight is 244 g/mol. The molecule has 2 heteroatoms. The summed E-state index contributed by atoms with van der Waals surface area (Å²) >= 11 is 0. The molecule has 18 heavy (non-hydrogen) atoms. The van der Waals surface area contributed by atoms with Crippen LogP contribution in [0.3, 0.4) is 0 Å². The van der Waals surface area contributed by atoms with E-state index in [1.165, 1.54) is 42.7 Å². The summed E-state index contributed by atoms with van der Waals surface area (Å²) in [7, 11) is 0. The predicted molar refractivity (Wildman–Crippen MR) is 76.9 cm³/mol. The van der Waals surface area contributed by atoms with Crippen molar-refractivity contribution >= 4 is 5.69 Å². The minimum absolute atomic E-state index is 0.830. The molecule has 0 spiro atoms. The first-order chi connectivity index (χ1) is 8.72. The molecule has 1 N–H and O–H groups in total. The Bertz CT molecular complexity index is 425. The van der Waals surface area contributed by atoms with Crippen LogP contribution in [0.4, 0.5) is 5.69 Å². The summed E-state index contributed by atoms with van der Waals surface area (Å²) in [6, 6.07) is 6.97. The van der Waals surface area contributed by atoms with Crippen molar-refractivity contribution in [3.05, 3.63) is 29.3 Å². The molecule has 2 aliphatic rings. The number of fused-ring (bicyclic) bond motifs is 1. The molecule has 1 aromatic carbocycles. The number of rotatable bonds is 3. The van der Waals surface area contributed by atoms with Crippen LogP contribution in [0, 0.1) is 11.8 Å². The van der Waals surface area contributed by atoms with Crippen molar-refractivity contribution in [1.82, 2.24) is 4.90 Å². The molecular weight excluding hydrogens is 220 g/mol. The van der Waals surface area contributed by atoms with Crippen LogP contribution in [0.1, 0.15) is 31.4 Å². The van der Waals surface area contributed by atoms with Crippen LogP contribution in [0.15, 0.2) is 18.2 Å².